The third-order valence-electron chi connectivity index (χ3n) is 1.66. The Bertz CT molecular complexity index is 137. The molecule has 0 aromatic carbocycles. The summed E-state index contributed by atoms with van der Waals surface area (Å²) in [5, 5.41) is 1.30. The Morgan fingerprint density at radius 2 is 2.20 bits per heavy atom. The maximum absolute atomic E-state index is 11.0. The smallest absolute Gasteiger partial charge is 0.250 e. The lowest BCUT2D eigenvalue weighted by Gasteiger charge is -2.13. The SMILES string of the molecule is CN1CCCN(N)C(=O)C1. The molecule has 1 heterocycles. The molecule has 0 aliphatic carbocycles. The molecule has 1 amide bonds. The van der Waals surface area contributed by atoms with Gasteiger partial charge >= 0.3 is 0 Å². The fourth-order valence-electron chi connectivity index (χ4n) is 1.04. The molecule has 0 aromatic rings. The summed E-state index contributed by atoms with van der Waals surface area (Å²) in [6.07, 6.45) is 0.971. The quantitative estimate of drug-likeness (QED) is 0.350. The number of rotatable bonds is 0. The Labute approximate surface area is 60.5 Å². The summed E-state index contributed by atoms with van der Waals surface area (Å²) in [5.74, 6) is 5.41. The molecule has 4 heteroatoms. The third kappa shape index (κ3) is 1.68. The molecule has 1 fully saturated rings. The first kappa shape index (κ1) is 7.50. The summed E-state index contributed by atoms with van der Waals surface area (Å²) in [4.78, 5) is 13.0. The maximum Gasteiger partial charge on any atom is 0.250 e. The van der Waals surface area contributed by atoms with E-state index < -0.39 is 0 Å². The third-order valence-corrected chi connectivity index (χ3v) is 1.66. The minimum Gasteiger partial charge on any atom is -0.297 e. The highest BCUT2D eigenvalue weighted by atomic mass is 16.2. The number of carbonyl (C=O) groups excluding carboxylic acids is 1. The minimum absolute atomic E-state index is 0.0139. The van der Waals surface area contributed by atoms with Gasteiger partial charge in [-0.1, -0.05) is 0 Å². The topological polar surface area (TPSA) is 49.6 Å². The average molecular weight is 143 g/mol. The minimum atomic E-state index is 0.0139. The maximum atomic E-state index is 11.0. The van der Waals surface area contributed by atoms with Gasteiger partial charge in [0.05, 0.1) is 6.54 Å². The number of hydrogen-bond donors (Lipinski definition) is 1. The van der Waals surface area contributed by atoms with Gasteiger partial charge in [0.1, 0.15) is 0 Å². The fourth-order valence-corrected chi connectivity index (χ4v) is 1.04. The van der Waals surface area contributed by atoms with Crippen LogP contribution in [0.15, 0.2) is 0 Å². The molecule has 1 aliphatic heterocycles. The number of hydrogen-bond acceptors (Lipinski definition) is 3. The molecule has 0 radical (unpaired) electrons. The molecule has 0 unspecified atom stereocenters. The van der Waals surface area contributed by atoms with E-state index in [1.54, 1.807) is 0 Å². The van der Waals surface area contributed by atoms with E-state index in [9.17, 15) is 4.79 Å². The van der Waals surface area contributed by atoms with Crippen LogP contribution in [0.3, 0.4) is 0 Å². The number of nitrogens with zero attached hydrogens (tertiary/aromatic N) is 2. The molecular weight excluding hydrogens is 130 g/mol. The lowest BCUT2D eigenvalue weighted by atomic mass is 10.4. The number of carbonyl (C=O) groups is 1. The van der Waals surface area contributed by atoms with Gasteiger partial charge in [-0.3, -0.25) is 14.7 Å². The second-order valence-electron chi connectivity index (χ2n) is 2.68. The van der Waals surface area contributed by atoms with Crippen molar-refractivity contribution >= 4 is 5.91 Å². The molecule has 1 aliphatic rings. The lowest BCUT2D eigenvalue weighted by Crippen LogP contribution is -2.40. The Hall–Kier alpha value is -0.610. The molecular formula is C6H13N3O. The van der Waals surface area contributed by atoms with E-state index in [1.165, 1.54) is 5.01 Å². The van der Waals surface area contributed by atoms with E-state index in [0.29, 0.717) is 13.1 Å². The highest BCUT2D eigenvalue weighted by molar-refractivity contribution is 5.77. The van der Waals surface area contributed by atoms with Crippen molar-refractivity contribution in [3.8, 4) is 0 Å². The average Bonchev–Trinajstić information content (AvgIpc) is 1.96. The first-order valence-corrected chi connectivity index (χ1v) is 3.44. The van der Waals surface area contributed by atoms with Crippen molar-refractivity contribution in [1.29, 1.82) is 0 Å². The van der Waals surface area contributed by atoms with Crippen LogP contribution in [0, 0.1) is 0 Å². The van der Waals surface area contributed by atoms with Crippen LogP contribution in [-0.4, -0.2) is 42.5 Å². The Balaban J connectivity index is 2.49. The Kier molecular flexibility index (Phi) is 2.24. The molecule has 4 nitrogen and oxygen atoms in total. The van der Waals surface area contributed by atoms with E-state index in [2.05, 4.69) is 0 Å². The number of likely N-dealkylation sites (N-methyl/N-ethyl adjacent to an activating group) is 1. The Morgan fingerprint density at radius 3 is 2.90 bits per heavy atom. The van der Waals surface area contributed by atoms with Gasteiger partial charge in [-0.25, -0.2) is 5.84 Å². The summed E-state index contributed by atoms with van der Waals surface area (Å²) in [6, 6.07) is 0. The molecule has 0 saturated carbocycles. The van der Waals surface area contributed by atoms with Crippen LogP contribution in [0.5, 0.6) is 0 Å². The molecule has 0 spiro atoms. The summed E-state index contributed by atoms with van der Waals surface area (Å²) < 4.78 is 0. The summed E-state index contributed by atoms with van der Waals surface area (Å²) >= 11 is 0. The van der Waals surface area contributed by atoms with Gasteiger partial charge in [0.25, 0.3) is 5.91 Å². The van der Waals surface area contributed by atoms with Gasteiger partial charge in [-0.15, -0.1) is 0 Å². The van der Waals surface area contributed by atoms with Crippen molar-refractivity contribution in [2.45, 2.75) is 6.42 Å². The first-order chi connectivity index (χ1) is 4.70. The fraction of sp³-hybridized carbons (Fsp3) is 0.833. The van der Waals surface area contributed by atoms with Crippen molar-refractivity contribution in [3.05, 3.63) is 0 Å². The molecule has 0 atom stereocenters. The molecule has 1 saturated heterocycles. The first-order valence-electron chi connectivity index (χ1n) is 3.44. The monoisotopic (exact) mass is 143 g/mol. The van der Waals surface area contributed by atoms with Crippen molar-refractivity contribution in [3.63, 3.8) is 0 Å². The molecule has 1 rings (SSSR count). The molecule has 2 N–H and O–H groups in total. The van der Waals surface area contributed by atoms with Crippen LogP contribution in [0.4, 0.5) is 0 Å². The Morgan fingerprint density at radius 1 is 1.50 bits per heavy atom. The van der Waals surface area contributed by atoms with Crippen LogP contribution >= 0.6 is 0 Å². The highest BCUT2D eigenvalue weighted by Gasteiger charge is 2.15. The number of hydrazine groups is 1. The summed E-state index contributed by atoms with van der Waals surface area (Å²) in [7, 11) is 1.93. The highest BCUT2D eigenvalue weighted by Crippen LogP contribution is 1.96. The lowest BCUT2D eigenvalue weighted by molar-refractivity contribution is -0.131. The van der Waals surface area contributed by atoms with E-state index in [-0.39, 0.29) is 5.91 Å². The summed E-state index contributed by atoms with van der Waals surface area (Å²) in [6.45, 7) is 2.10. The van der Waals surface area contributed by atoms with Crippen LogP contribution in [0.25, 0.3) is 0 Å². The molecule has 10 heavy (non-hydrogen) atoms. The molecule has 0 aromatic heterocycles. The van der Waals surface area contributed by atoms with Crippen LogP contribution < -0.4 is 5.84 Å². The zero-order chi connectivity index (χ0) is 7.56. The van der Waals surface area contributed by atoms with Gasteiger partial charge in [0.2, 0.25) is 0 Å². The van der Waals surface area contributed by atoms with Gasteiger partial charge in [-0.05, 0) is 13.5 Å². The van der Waals surface area contributed by atoms with E-state index in [1.807, 2.05) is 11.9 Å². The van der Waals surface area contributed by atoms with Crippen molar-refractivity contribution in [2.75, 3.05) is 26.7 Å². The van der Waals surface area contributed by atoms with Crippen molar-refractivity contribution in [1.82, 2.24) is 9.91 Å². The number of amides is 1. The van der Waals surface area contributed by atoms with Crippen molar-refractivity contribution in [2.24, 2.45) is 5.84 Å². The second-order valence-corrected chi connectivity index (χ2v) is 2.68. The van der Waals surface area contributed by atoms with Gasteiger partial charge in [0, 0.05) is 13.1 Å². The zero-order valence-corrected chi connectivity index (χ0v) is 6.21. The van der Waals surface area contributed by atoms with Gasteiger partial charge < -0.3 is 0 Å². The predicted octanol–water partition coefficient (Wildman–Crippen LogP) is -0.976. The standard InChI is InChI=1S/C6H13N3O/c1-8-3-2-4-9(7)6(10)5-8/h2-5,7H2,1H3. The zero-order valence-electron chi connectivity index (χ0n) is 6.21. The van der Waals surface area contributed by atoms with E-state index in [0.717, 1.165) is 13.0 Å². The molecule has 0 bridgehead atoms. The normalized spacial score (nSPS) is 23.0. The van der Waals surface area contributed by atoms with Gasteiger partial charge in [-0.2, -0.15) is 0 Å². The molecule has 58 valence electrons. The van der Waals surface area contributed by atoms with Crippen LogP contribution in [-0.2, 0) is 4.79 Å². The van der Waals surface area contributed by atoms with E-state index in [4.69, 9.17) is 5.84 Å². The van der Waals surface area contributed by atoms with E-state index >= 15 is 0 Å². The van der Waals surface area contributed by atoms with Crippen molar-refractivity contribution < 1.29 is 4.79 Å². The predicted molar refractivity (Wildman–Crippen MR) is 38.0 cm³/mol. The van der Waals surface area contributed by atoms with Crippen LogP contribution in [0.2, 0.25) is 0 Å². The largest absolute Gasteiger partial charge is 0.297 e. The van der Waals surface area contributed by atoms with Crippen LogP contribution in [0.1, 0.15) is 6.42 Å². The number of nitrogens with two attached hydrogens (primary N) is 1. The van der Waals surface area contributed by atoms with Gasteiger partial charge in [0.15, 0.2) is 0 Å². The second kappa shape index (κ2) is 2.98. The summed E-state index contributed by atoms with van der Waals surface area (Å²) in [5.41, 5.74) is 0.